The minimum Gasteiger partial charge on any atom is -0.461 e. The lowest BCUT2D eigenvalue weighted by Gasteiger charge is -2.30. The highest BCUT2D eigenvalue weighted by atomic mass is 32.2. The highest BCUT2D eigenvalue weighted by molar-refractivity contribution is 7.99. The van der Waals surface area contributed by atoms with Crippen molar-refractivity contribution in [2.24, 2.45) is 17.8 Å². The van der Waals surface area contributed by atoms with E-state index in [1.54, 1.807) is 6.26 Å². The Balaban J connectivity index is 1.13. The third-order valence-corrected chi connectivity index (χ3v) is 10.1. The molecule has 0 aliphatic heterocycles. The third-order valence-electron chi connectivity index (χ3n) is 8.36. The van der Waals surface area contributed by atoms with Crippen molar-refractivity contribution in [3.8, 4) is 22.8 Å². The predicted molar refractivity (Wildman–Crippen MR) is 157 cm³/mol. The van der Waals surface area contributed by atoms with Crippen molar-refractivity contribution < 1.29 is 9.21 Å². The molecule has 2 aliphatic carbocycles. The first kappa shape index (κ1) is 26.3. The lowest BCUT2D eigenvalue weighted by Crippen LogP contribution is -2.23. The molecule has 3 aromatic heterocycles. The Morgan fingerprint density at radius 2 is 2.00 bits per heavy atom. The maximum absolute atomic E-state index is 12.9. The lowest BCUT2D eigenvalue weighted by atomic mass is 9.84. The van der Waals surface area contributed by atoms with Gasteiger partial charge in [-0.3, -0.25) is 9.36 Å². The standard InChI is InChI=1S/C30H35N5O2S2/c1-18(23-15-19-7-8-21(23)14-19)35-27(25-6-5-13-37-25)33-34-29(35)39-17-26(36)32-28-31-24(16-38-28)20-9-11-22(12-10-20)30(2,3)4/h5-6,9-13,16,18-19,21,23H,7-8,14-15,17H2,1-4H3,(H,31,32,36)/t18-,19+,21+,23+/m1/s1. The molecule has 2 bridgehead atoms. The van der Waals surface area contributed by atoms with E-state index < -0.39 is 0 Å². The average molecular weight is 562 g/mol. The number of hydrogen-bond donors (Lipinski definition) is 1. The number of carbonyl (C=O) groups excluding carboxylic acids is 1. The van der Waals surface area contributed by atoms with E-state index in [9.17, 15) is 4.79 Å². The molecule has 3 heterocycles. The van der Waals surface area contributed by atoms with Crippen molar-refractivity contribution in [3.05, 3.63) is 53.6 Å². The summed E-state index contributed by atoms with van der Waals surface area (Å²) in [6, 6.07) is 12.5. The van der Waals surface area contributed by atoms with Crippen LogP contribution >= 0.6 is 23.1 Å². The zero-order valence-corrected chi connectivity index (χ0v) is 24.5. The zero-order chi connectivity index (χ0) is 27.1. The summed E-state index contributed by atoms with van der Waals surface area (Å²) >= 11 is 2.86. The van der Waals surface area contributed by atoms with Crippen molar-refractivity contribution in [1.29, 1.82) is 0 Å². The maximum atomic E-state index is 12.9. The summed E-state index contributed by atoms with van der Waals surface area (Å²) < 4.78 is 7.90. The van der Waals surface area contributed by atoms with Gasteiger partial charge in [0, 0.05) is 17.0 Å². The second-order valence-corrected chi connectivity index (χ2v) is 13.7. The Morgan fingerprint density at radius 1 is 1.18 bits per heavy atom. The first-order valence-electron chi connectivity index (χ1n) is 13.7. The summed E-state index contributed by atoms with van der Waals surface area (Å²) in [5, 5.41) is 15.3. The van der Waals surface area contributed by atoms with Crippen molar-refractivity contribution in [1.82, 2.24) is 19.7 Å². The molecule has 4 aromatic rings. The third kappa shape index (κ3) is 5.43. The van der Waals surface area contributed by atoms with E-state index in [0.29, 0.717) is 16.8 Å². The largest absolute Gasteiger partial charge is 0.461 e. The molecular weight excluding hydrogens is 526 g/mol. The highest BCUT2D eigenvalue weighted by Gasteiger charge is 2.43. The Morgan fingerprint density at radius 3 is 2.67 bits per heavy atom. The van der Waals surface area contributed by atoms with Gasteiger partial charge in [-0.2, -0.15) is 0 Å². The van der Waals surface area contributed by atoms with E-state index in [1.165, 1.54) is 54.3 Å². The molecular formula is C30H35N5O2S2. The van der Waals surface area contributed by atoms with Crippen LogP contribution in [0.1, 0.15) is 65.0 Å². The molecule has 39 heavy (non-hydrogen) atoms. The van der Waals surface area contributed by atoms with Gasteiger partial charge in [-0.15, -0.1) is 21.5 Å². The molecule has 1 amide bonds. The number of rotatable bonds is 8. The average Bonchev–Trinajstić information content (AvgIpc) is 3.75. The minimum atomic E-state index is -0.106. The summed E-state index contributed by atoms with van der Waals surface area (Å²) in [5.41, 5.74) is 3.30. The van der Waals surface area contributed by atoms with Crippen LogP contribution in [-0.2, 0) is 10.2 Å². The Hall–Kier alpha value is -2.91. The van der Waals surface area contributed by atoms with Gasteiger partial charge in [0.2, 0.25) is 11.7 Å². The van der Waals surface area contributed by atoms with Gasteiger partial charge >= 0.3 is 0 Å². The topological polar surface area (TPSA) is 85.8 Å². The Bertz CT molecular complexity index is 1430. The molecule has 1 N–H and O–H groups in total. The van der Waals surface area contributed by atoms with Gasteiger partial charge in [0.15, 0.2) is 16.0 Å². The smallest absolute Gasteiger partial charge is 0.236 e. The second kappa shape index (κ2) is 10.6. The van der Waals surface area contributed by atoms with Crippen LogP contribution in [0, 0.1) is 17.8 Å². The van der Waals surface area contributed by atoms with Crippen LogP contribution in [-0.4, -0.2) is 31.4 Å². The van der Waals surface area contributed by atoms with Crippen molar-refractivity contribution in [2.75, 3.05) is 11.1 Å². The molecule has 2 aliphatic rings. The maximum Gasteiger partial charge on any atom is 0.236 e. The number of aromatic nitrogens is 4. The molecule has 7 nitrogen and oxygen atoms in total. The number of nitrogens with one attached hydrogen (secondary N) is 1. The summed E-state index contributed by atoms with van der Waals surface area (Å²) in [6.45, 7) is 8.89. The van der Waals surface area contributed by atoms with E-state index in [2.05, 4.69) is 77.0 Å². The Kier molecular flexibility index (Phi) is 7.14. The second-order valence-electron chi connectivity index (χ2n) is 11.9. The van der Waals surface area contributed by atoms with Gasteiger partial charge < -0.3 is 9.73 Å². The van der Waals surface area contributed by atoms with Gasteiger partial charge in [0.1, 0.15) is 0 Å². The number of thioether (sulfide) groups is 1. The van der Waals surface area contributed by atoms with Gasteiger partial charge in [-0.05, 0) is 67.1 Å². The highest BCUT2D eigenvalue weighted by Crippen LogP contribution is 2.53. The van der Waals surface area contributed by atoms with Crippen LogP contribution in [0.3, 0.4) is 0 Å². The molecule has 2 saturated carbocycles. The van der Waals surface area contributed by atoms with Crippen molar-refractivity contribution >= 4 is 34.1 Å². The fourth-order valence-corrected chi connectivity index (χ4v) is 7.84. The first-order chi connectivity index (χ1) is 18.8. The molecule has 9 heteroatoms. The van der Waals surface area contributed by atoms with Crippen LogP contribution in [0.4, 0.5) is 5.13 Å². The summed E-state index contributed by atoms with van der Waals surface area (Å²) in [4.78, 5) is 17.6. The van der Waals surface area contributed by atoms with E-state index in [4.69, 9.17) is 4.42 Å². The number of carbonyl (C=O) groups is 1. The number of anilines is 1. The van der Waals surface area contributed by atoms with Crippen LogP contribution in [0.15, 0.2) is 57.6 Å². The number of furan rings is 1. The predicted octanol–water partition coefficient (Wildman–Crippen LogP) is 7.69. The number of nitrogens with zero attached hydrogens (tertiary/aromatic N) is 4. The Labute approximate surface area is 237 Å². The van der Waals surface area contributed by atoms with E-state index in [-0.39, 0.29) is 23.1 Å². The van der Waals surface area contributed by atoms with Crippen LogP contribution in [0.25, 0.3) is 22.8 Å². The summed E-state index contributed by atoms with van der Waals surface area (Å²) in [7, 11) is 0. The molecule has 0 unspecified atom stereocenters. The van der Waals surface area contributed by atoms with Crippen molar-refractivity contribution in [2.45, 2.75) is 70.0 Å². The van der Waals surface area contributed by atoms with Gasteiger partial charge in [0.05, 0.1) is 17.7 Å². The molecule has 6 rings (SSSR count). The molecule has 0 saturated heterocycles. The summed E-state index contributed by atoms with van der Waals surface area (Å²) in [5.74, 6) is 3.79. The van der Waals surface area contributed by atoms with Crippen LogP contribution < -0.4 is 5.32 Å². The van der Waals surface area contributed by atoms with Gasteiger partial charge in [-0.25, -0.2) is 4.98 Å². The molecule has 0 spiro atoms. The monoisotopic (exact) mass is 561 g/mol. The number of hydrogen-bond acceptors (Lipinski definition) is 7. The fraction of sp³-hybridized carbons (Fsp3) is 0.467. The molecule has 0 radical (unpaired) electrons. The number of fused-ring (bicyclic) bond motifs is 2. The SMILES string of the molecule is C[C@H]([C@@H]1C[C@H]2CC[C@H]1C2)n1c(SCC(=O)Nc2nc(-c3ccc(C(C)(C)C)cc3)cs2)nnc1-c1ccco1. The number of amides is 1. The van der Waals surface area contributed by atoms with E-state index in [0.717, 1.165) is 34.1 Å². The fourth-order valence-electron chi connectivity index (χ4n) is 6.28. The van der Waals surface area contributed by atoms with Crippen molar-refractivity contribution in [3.63, 3.8) is 0 Å². The molecule has 1 aromatic carbocycles. The molecule has 204 valence electrons. The van der Waals surface area contributed by atoms with Crippen LogP contribution in [0.5, 0.6) is 0 Å². The normalized spacial score (nSPS) is 21.4. The van der Waals surface area contributed by atoms with Gasteiger partial charge in [-0.1, -0.05) is 63.2 Å². The number of benzene rings is 1. The first-order valence-corrected chi connectivity index (χ1v) is 15.6. The lowest BCUT2D eigenvalue weighted by molar-refractivity contribution is -0.113. The van der Waals surface area contributed by atoms with Crippen LogP contribution in [0.2, 0.25) is 0 Å². The summed E-state index contributed by atoms with van der Waals surface area (Å²) in [6.07, 6.45) is 6.95. The van der Waals surface area contributed by atoms with Gasteiger partial charge in [0.25, 0.3) is 0 Å². The molecule has 4 atom stereocenters. The zero-order valence-electron chi connectivity index (χ0n) is 22.9. The minimum absolute atomic E-state index is 0.106. The van der Waals surface area contributed by atoms with E-state index in [1.807, 2.05) is 17.5 Å². The number of thiazole rings is 1. The van der Waals surface area contributed by atoms with E-state index >= 15 is 0 Å². The molecule has 2 fully saturated rings. The quantitative estimate of drug-likeness (QED) is 0.222.